The van der Waals surface area contributed by atoms with E-state index in [4.69, 9.17) is 37.0 Å². The third-order valence-electron chi connectivity index (χ3n) is 14.4. The highest BCUT2D eigenvalue weighted by atomic mass is 31.2. The fourth-order valence-corrected chi connectivity index (χ4v) is 10.6. The monoisotopic (exact) mass is 1200 g/mol. The summed E-state index contributed by atoms with van der Waals surface area (Å²) < 4.78 is 67.8. The van der Waals surface area contributed by atoms with Crippen LogP contribution in [0.15, 0.2) is 0 Å². The largest absolute Gasteiger partial charge is 0.472 e. The average molecular weight is 1200 g/mol. The van der Waals surface area contributed by atoms with Crippen molar-refractivity contribution in [2.45, 2.75) is 311 Å². The first-order chi connectivity index (χ1) is 38.6. The lowest BCUT2D eigenvalue weighted by Gasteiger charge is -2.21. The van der Waals surface area contributed by atoms with Crippen LogP contribution in [0.3, 0.4) is 0 Å². The molecule has 3 N–H and O–H groups in total. The number of phosphoric ester groups is 2. The Morgan fingerprint density at radius 3 is 0.877 bits per heavy atom. The van der Waals surface area contributed by atoms with E-state index >= 15 is 0 Å². The molecule has 0 bridgehead atoms. The summed E-state index contributed by atoms with van der Waals surface area (Å²) >= 11 is 0. The zero-order chi connectivity index (χ0) is 60.4. The molecule has 0 fully saturated rings. The van der Waals surface area contributed by atoms with Gasteiger partial charge in [0.05, 0.1) is 26.4 Å². The van der Waals surface area contributed by atoms with Crippen molar-refractivity contribution in [1.29, 1.82) is 0 Å². The van der Waals surface area contributed by atoms with Gasteiger partial charge in [0.15, 0.2) is 12.2 Å². The minimum Gasteiger partial charge on any atom is -0.462 e. The highest BCUT2D eigenvalue weighted by molar-refractivity contribution is 7.47. The van der Waals surface area contributed by atoms with Crippen molar-refractivity contribution < 1.29 is 80.2 Å². The highest BCUT2D eigenvalue weighted by Crippen LogP contribution is 2.45. The first-order valence-corrected chi connectivity index (χ1v) is 35.2. The third-order valence-corrected chi connectivity index (χ3v) is 16.3. The SMILES string of the molecule is CCC(C)CCCCCCCCCCC(=O)OC[C@H](COP(=O)(O)OCC(O)COP(=O)(O)OC[C@@H](COC(=O)CCCCCCCCCC(C)C)OC(=O)CCCCCCCCC(C)C)OC(=O)CCCCCCCCCC(C)C. The number of carbonyl (C=O) groups is 4. The lowest BCUT2D eigenvalue weighted by atomic mass is 9.99. The van der Waals surface area contributed by atoms with Crippen LogP contribution < -0.4 is 0 Å². The molecule has 0 aromatic carbocycles. The molecule has 0 saturated heterocycles. The van der Waals surface area contributed by atoms with Crippen molar-refractivity contribution in [3.8, 4) is 0 Å². The second-order valence-electron chi connectivity index (χ2n) is 24.1. The van der Waals surface area contributed by atoms with Crippen molar-refractivity contribution in [3.05, 3.63) is 0 Å². The van der Waals surface area contributed by atoms with Crippen molar-refractivity contribution in [3.63, 3.8) is 0 Å². The van der Waals surface area contributed by atoms with Gasteiger partial charge in [-0.15, -0.1) is 0 Å². The predicted molar refractivity (Wildman–Crippen MR) is 321 cm³/mol. The predicted octanol–water partition coefficient (Wildman–Crippen LogP) is 16.6. The van der Waals surface area contributed by atoms with E-state index in [0.717, 1.165) is 102 Å². The number of esters is 4. The molecule has 0 aliphatic carbocycles. The molecule has 0 rings (SSSR count). The molecule has 0 heterocycles. The van der Waals surface area contributed by atoms with Gasteiger partial charge in [-0.25, -0.2) is 9.13 Å². The molecule has 6 atom stereocenters. The molecule has 0 aliphatic heterocycles. The number of hydrogen-bond acceptors (Lipinski definition) is 15. The molecule has 0 saturated carbocycles. The molecule has 0 aromatic heterocycles. The van der Waals surface area contributed by atoms with Gasteiger partial charge >= 0.3 is 39.5 Å². The standard InChI is InChI=1S/C62H120O17P2/c1-9-55(8)41-33-25-16-10-11-17-26-34-42-59(64)72-48-57(78-61(66)44-36-28-19-13-15-23-31-39-53(4)5)50-76-80(68,69)74-46-56(63)47-75-81(70,71)77-51-58(79-62(67)45-37-29-21-20-24-32-40-54(6)7)49-73-60(65)43-35-27-18-12-14-22-30-38-52(2)3/h52-58,63H,9-51H2,1-8H3,(H,68,69)(H,70,71)/t55?,56?,57-,58-/m1/s1. The van der Waals surface area contributed by atoms with Gasteiger partial charge in [0.25, 0.3) is 0 Å². The van der Waals surface area contributed by atoms with E-state index in [1.54, 1.807) is 0 Å². The van der Waals surface area contributed by atoms with E-state index in [0.29, 0.717) is 43.4 Å². The quantitative estimate of drug-likeness (QED) is 0.0222. The maximum atomic E-state index is 12.9. The molecule has 0 aliphatic rings. The first-order valence-electron chi connectivity index (χ1n) is 32.2. The van der Waals surface area contributed by atoms with Gasteiger partial charge in [0.1, 0.15) is 19.3 Å². The van der Waals surface area contributed by atoms with Crippen LogP contribution in [-0.2, 0) is 65.4 Å². The third kappa shape index (κ3) is 55.7. The van der Waals surface area contributed by atoms with Crippen LogP contribution in [-0.4, -0.2) is 96.7 Å². The van der Waals surface area contributed by atoms with Gasteiger partial charge in [0.2, 0.25) is 0 Å². The number of carbonyl (C=O) groups excluding carboxylic acids is 4. The zero-order valence-corrected chi connectivity index (χ0v) is 54.2. The Kier molecular flexibility index (Phi) is 51.1. The van der Waals surface area contributed by atoms with Gasteiger partial charge < -0.3 is 33.8 Å². The van der Waals surface area contributed by atoms with Crippen LogP contribution in [0.2, 0.25) is 0 Å². The van der Waals surface area contributed by atoms with Gasteiger partial charge in [0, 0.05) is 25.7 Å². The summed E-state index contributed by atoms with van der Waals surface area (Å²) in [4.78, 5) is 72.1. The van der Waals surface area contributed by atoms with Gasteiger partial charge in [-0.3, -0.25) is 37.3 Å². The van der Waals surface area contributed by atoms with E-state index in [1.807, 2.05) is 0 Å². The van der Waals surface area contributed by atoms with Gasteiger partial charge in [-0.1, -0.05) is 242 Å². The first kappa shape index (κ1) is 79.1. The van der Waals surface area contributed by atoms with Crippen molar-refractivity contribution in [2.24, 2.45) is 23.7 Å². The average Bonchev–Trinajstić information content (AvgIpc) is 3.41. The van der Waals surface area contributed by atoms with Crippen molar-refractivity contribution in [2.75, 3.05) is 39.6 Å². The molecule has 0 amide bonds. The smallest absolute Gasteiger partial charge is 0.462 e. The number of aliphatic hydroxyl groups is 1. The molecule has 0 aromatic rings. The molecular formula is C62H120O17P2. The number of rotatable bonds is 59. The molecule has 17 nitrogen and oxygen atoms in total. The van der Waals surface area contributed by atoms with Crippen molar-refractivity contribution in [1.82, 2.24) is 0 Å². The Balaban J connectivity index is 5.24. The van der Waals surface area contributed by atoms with Crippen LogP contribution in [0.5, 0.6) is 0 Å². The van der Waals surface area contributed by atoms with Gasteiger partial charge in [-0.2, -0.15) is 0 Å². The van der Waals surface area contributed by atoms with Crippen LogP contribution in [0.4, 0.5) is 0 Å². The second kappa shape index (κ2) is 52.4. The van der Waals surface area contributed by atoms with E-state index in [1.165, 1.54) is 89.9 Å². The van der Waals surface area contributed by atoms with Gasteiger partial charge in [-0.05, 0) is 49.4 Å². The second-order valence-corrected chi connectivity index (χ2v) is 27.0. The summed E-state index contributed by atoms with van der Waals surface area (Å²) in [5, 5.41) is 10.5. The molecule has 480 valence electrons. The Bertz CT molecular complexity index is 1630. The highest BCUT2D eigenvalue weighted by Gasteiger charge is 2.30. The summed E-state index contributed by atoms with van der Waals surface area (Å²) in [7, 11) is -9.88. The molecule has 81 heavy (non-hydrogen) atoms. The van der Waals surface area contributed by atoms with E-state index in [9.17, 15) is 43.2 Å². The minimum atomic E-state index is -4.94. The Morgan fingerprint density at radius 2 is 0.593 bits per heavy atom. The minimum absolute atomic E-state index is 0.100. The number of unbranched alkanes of at least 4 members (excludes halogenated alkanes) is 24. The number of hydrogen-bond donors (Lipinski definition) is 3. The topological polar surface area (TPSA) is 237 Å². The summed E-state index contributed by atoms with van der Waals surface area (Å²) in [6, 6.07) is 0. The van der Waals surface area contributed by atoms with E-state index in [-0.39, 0.29) is 25.7 Å². The molecular weight excluding hydrogens is 1080 g/mol. The molecule has 4 unspecified atom stereocenters. The Labute approximate surface area is 492 Å². The fraction of sp³-hybridized carbons (Fsp3) is 0.935. The maximum absolute atomic E-state index is 12.9. The van der Waals surface area contributed by atoms with Crippen LogP contribution >= 0.6 is 15.6 Å². The summed E-state index contributed by atoms with van der Waals surface area (Å²) in [5.74, 6) is 0.700. The number of aliphatic hydroxyl groups excluding tert-OH is 1. The fourth-order valence-electron chi connectivity index (χ4n) is 9.04. The van der Waals surface area contributed by atoms with E-state index in [2.05, 4.69) is 55.4 Å². The maximum Gasteiger partial charge on any atom is 0.472 e. The summed E-state index contributed by atoms with van der Waals surface area (Å²) in [6.45, 7) is 13.9. The zero-order valence-electron chi connectivity index (χ0n) is 52.4. The lowest BCUT2D eigenvalue weighted by molar-refractivity contribution is -0.161. The van der Waals surface area contributed by atoms with Crippen molar-refractivity contribution >= 4 is 39.5 Å². The normalized spacial score (nSPS) is 14.8. The number of ether oxygens (including phenoxy) is 4. The van der Waals surface area contributed by atoms with Crippen LogP contribution in [0, 0.1) is 23.7 Å². The summed E-state index contributed by atoms with van der Waals surface area (Å²) in [5.41, 5.74) is 0. The Hall–Kier alpha value is -1.94. The summed E-state index contributed by atoms with van der Waals surface area (Å²) in [6.07, 6.45) is 31.0. The molecule has 19 heteroatoms. The van der Waals surface area contributed by atoms with Crippen LogP contribution in [0.25, 0.3) is 0 Å². The lowest BCUT2D eigenvalue weighted by Crippen LogP contribution is -2.30. The molecule has 0 radical (unpaired) electrons. The Morgan fingerprint density at radius 1 is 0.346 bits per heavy atom. The molecule has 0 spiro atoms. The van der Waals surface area contributed by atoms with E-state index < -0.39 is 97.5 Å². The van der Waals surface area contributed by atoms with Crippen LogP contribution in [0.1, 0.15) is 293 Å². The number of phosphoric acid groups is 2.